The van der Waals surface area contributed by atoms with E-state index >= 15 is 0 Å². The van der Waals surface area contributed by atoms with Gasteiger partial charge in [0.1, 0.15) is 11.3 Å². The molecule has 6 nitrogen and oxygen atoms in total. The summed E-state index contributed by atoms with van der Waals surface area (Å²) in [5, 5.41) is 4.33. The number of hydrogen-bond donors (Lipinski definition) is 3. The zero-order valence-electron chi connectivity index (χ0n) is 10.2. The predicted molar refractivity (Wildman–Crippen MR) is 79.3 cm³/mol. The van der Waals surface area contributed by atoms with Gasteiger partial charge in [-0.25, -0.2) is 4.98 Å². The molecular formula is C13H10ClN5O. The number of rotatable bonds is 2. The van der Waals surface area contributed by atoms with Gasteiger partial charge in [0, 0.05) is 16.9 Å². The van der Waals surface area contributed by atoms with Gasteiger partial charge < -0.3 is 16.0 Å². The molecule has 0 bridgehead atoms. The number of fused-ring (bicyclic) bond motifs is 1. The van der Waals surface area contributed by atoms with Crippen LogP contribution in [0.2, 0.25) is 5.02 Å². The first-order chi connectivity index (χ1) is 9.63. The van der Waals surface area contributed by atoms with Gasteiger partial charge in [-0.05, 0) is 30.3 Å². The largest absolute Gasteiger partial charge is 0.368 e. The molecule has 0 atom stereocenters. The molecule has 100 valence electrons. The van der Waals surface area contributed by atoms with Crippen molar-refractivity contribution in [2.75, 3.05) is 11.1 Å². The number of nitrogens with one attached hydrogen (secondary N) is 2. The number of nitrogens with zero attached hydrogens (tertiary/aromatic N) is 2. The van der Waals surface area contributed by atoms with Crippen molar-refractivity contribution in [3.05, 3.63) is 51.9 Å². The maximum absolute atomic E-state index is 11.7. The first kappa shape index (κ1) is 12.4. The number of halogens is 1. The van der Waals surface area contributed by atoms with Crippen LogP contribution in [0.25, 0.3) is 10.9 Å². The first-order valence-electron chi connectivity index (χ1n) is 5.81. The minimum Gasteiger partial charge on any atom is -0.368 e. The normalized spacial score (nSPS) is 10.7. The van der Waals surface area contributed by atoms with Crippen molar-refractivity contribution in [2.45, 2.75) is 0 Å². The maximum atomic E-state index is 11.7. The highest BCUT2D eigenvalue weighted by atomic mass is 35.5. The molecule has 20 heavy (non-hydrogen) atoms. The Hall–Kier alpha value is -2.60. The van der Waals surface area contributed by atoms with Crippen molar-refractivity contribution in [1.82, 2.24) is 15.0 Å². The van der Waals surface area contributed by atoms with Gasteiger partial charge in [0.15, 0.2) is 0 Å². The molecular weight excluding hydrogens is 278 g/mol. The summed E-state index contributed by atoms with van der Waals surface area (Å²) in [6.45, 7) is 0. The zero-order valence-corrected chi connectivity index (χ0v) is 11.0. The van der Waals surface area contributed by atoms with Gasteiger partial charge in [-0.15, -0.1) is 0 Å². The highest BCUT2D eigenvalue weighted by Crippen LogP contribution is 2.23. The van der Waals surface area contributed by atoms with Crippen LogP contribution in [0.5, 0.6) is 0 Å². The van der Waals surface area contributed by atoms with Crippen molar-refractivity contribution < 1.29 is 0 Å². The third kappa shape index (κ3) is 2.28. The number of pyridine rings is 1. The molecule has 0 radical (unpaired) electrons. The van der Waals surface area contributed by atoms with Crippen molar-refractivity contribution in [3.8, 4) is 0 Å². The number of aromatic amines is 1. The van der Waals surface area contributed by atoms with Crippen LogP contribution >= 0.6 is 11.6 Å². The molecule has 2 heterocycles. The lowest BCUT2D eigenvalue weighted by atomic mass is 10.2. The average molecular weight is 288 g/mol. The number of H-pyrrole nitrogens is 1. The Bertz CT molecular complexity index is 828. The molecule has 0 aliphatic rings. The van der Waals surface area contributed by atoms with Crippen LogP contribution in [0.1, 0.15) is 0 Å². The molecule has 0 fully saturated rings. The Balaban J connectivity index is 2.13. The molecule has 1 aromatic carbocycles. The summed E-state index contributed by atoms with van der Waals surface area (Å²) in [6, 6.07) is 8.83. The number of nitrogen functional groups attached to an aromatic ring is 1. The van der Waals surface area contributed by atoms with Gasteiger partial charge in [0.2, 0.25) is 5.95 Å². The monoisotopic (exact) mass is 287 g/mol. The zero-order chi connectivity index (χ0) is 14.1. The summed E-state index contributed by atoms with van der Waals surface area (Å²) in [4.78, 5) is 22.4. The number of benzene rings is 1. The summed E-state index contributed by atoms with van der Waals surface area (Å²) < 4.78 is 0. The summed E-state index contributed by atoms with van der Waals surface area (Å²) in [7, 11) is 0. The topological polar surface area (TPSA) is 96.7 Å². The van der Waals surface area contributed by atoms with Crippen molar-refractivity contribution in [1.29, 1.82) is 0 Å². The fourth-order valence-corrected chi connectivity index (χ4v) is 1.98. The van der Waals surface area contributed by atoms with E-state index in [9.17, 15) is 4.79 Å². The van der Waals surface area contributed by atoms with Crippen LogP contribution < -0.4 is 16.6 Å². The van der Waals surface area contributed by atoms with Crippen LogP contribution in [0, 0.1) is 0 Å². The van der Waals surface area contributed by atoms with Crippen molar-refractivity contribution >= 4 is 40.0 Å². The van der Waals surface area contributed by atoms with E-state index in [2.05, 4.69) is 20.3 Å². The third-order valence-corrected chi connectivity index (χ3v) is 3.00. The molecule has 7 heteroatoms. The van der Waals surface area contributed by atoms with Crippen molar-refractivity contribution in [2.24, 2.45) is 0 Å². The van der Waals surface area contributed by atoms with E-state index in [1.165, 1.54) is 6.20 Å². The number of nitrogens with two attached hydrogens (primary N) is 1. The van der Waals surface area contributed by atoms with Gasteiger partial charge in [-0.2, -0.15) is 4.98 Å². The SMILES string of the molecule is Nc1nc(Nc2ccc(Cl)cc2)c2cc[nH]c(=O)c2n1. The van der Waals surface area contributed by atoms with Crippen LogP contribution in [0.15, 0.2) is 41.3 Å². The summed E-state index contributed by atoms with van der Waals surface area (Å²) in [6.07, 6.45) is 1.54. The van der Waals surface area contributed by atoms with E-state index in [-0.39, 0.29) is 17.0 Å². The van der Waals surface area contributed by atoms with E-state index in [0.29, 0.717) is 16.2 Å². The van der Waals surface area contributed by atoms with Gasteiger partial charge in [-0.3, -0.25) is 4.79 Å². The minimum atomic E-state index is -0.309. The molecule has 2 aromatic heterocycles. The fraction of sp³-hybridized carbons (Fsp3) is 0. The van der Waals surface area contributed by atoms with E-state index in [4.69, 9.17) is 17.3 Å². The smallest absolute Gasteiger partial charge is 0.274 e. The second-order valence-corrected chi connectivity index (χ2v) is 4.57. The molecule has 0 unspecified atom stereocenters. The van der Waals surface area contributed by atoms with E-state index in [0.717, 1.165) is 5.69 Å². The maximum Gasteiger partial charge on any atom is 0.274 e. The molecule has 0 amide bonds. The van der Waals surface area contributed by atoms with Crippen LogP contribution in [-0.2, 0) is 0 Å². The lowest BCUT2D eigenvalue weighted by molar-refractivity contribution is 1.19. The standard InChI is InChI=1S/C13H10ClN5O/c14-7-1-3-8(4-2-7)17-11-9-5-6-16-12(20)10(9)18-13(15)19-11/h1-6H,(H,16,20)(H3,15,17,18,19). The number of hydrogen-bond acceptors (Lipinski definition) is 5. The summed E-state index contributed by atoms with van der Waals surface area (Å²) in [5.74, 6) is 0.506. The van der Waals surface area contributed by atoms with Gasteiger partial charge in [-0.1, -0.05) is 11.6 Å². The molecule has 0 saturated heterocycles. The Morgan fingerprint density at radius 2 is 1.90 bits per heavy atom. The second-order valence-electron chi connectivity index (χ2n) is 4.13. The fourth-order valence-electron chi connectivity index (χ4n) is 1.85. The second kappa shape index (κ2) is 4.82. The molecule has 0 aliphatic heterocycles. The molecule has 3 aromatic rings. The lowest BCUT2D eigenvalue weighted by Gasteiger charge is -2.09. The first-order valence-corrected chi connectivity index (χ1v) is 6.19. The number of anilines is 3. The lowest BCUT2D eigenvalue weighted by Crippen LogP contribution is -2.10. The van der Waals surface area contributed by atoms with Crippen LogP contribution in [0.3, 0.4) is 0 Å². The van der Waals surface area contributed by atoms with E-state index < -0.39 is 0 Å². The molecule has 0 aliphatic carbocycles. The quantitative estimate of drug-likeness (QED) is 0.672. The predicted octanol–water partition coefficient (Wildman–Crippen LogP) is 2.30. The Labute approximate surface area is 118 Å². The van der Waals surface area contributed by atoms with E-state index in [1.54, 1.807) is 30.3 Å². The third-order valence-electron chi connectivity index (χ3n) is 2.75. The molecule has 0 spiro atoms. The van der Waals surface area contributed by atoms with Gasteiger partial charge in [0.05, 0.1) is 5.39 Å². The van der Waals surface area contributed by atoms with Gasteiger partial charge >= 0.3 is 0 Å². The Morgan fingerprint density at radius 3 is 2.65 bits per heavy atom. The Morgan fingerprint density at radius 1 is 1.15 bits per heavy atom. The average Bonchev–Trinajstić information content (AvgIpc) is 2.42. The summed E-state index contributed by atoms with van der Waals surface area (Å²) in [5.41, 5.74) is 6.36. The van der Waals surface area contributed by atoms with Crippen molar-refractivity contribution in [3.63, 3.8) is 0 Å². The van der Waals surface area contributed by atoms with Crippen LogP contribution in [-0.4, -0.2) is 15.0 Å². The van der Waals surface area contributed by atoms with E-state index in [1.807, 2.05) is 0 Å². The summed E-state index contributed by atoms with van der Waals surface area (Å²) >= 11 is 5.84. The van der Waals surface area contributed by atoms with Gasteiger partial charge in [0.25, 0.3) is 5.56 Å². The Kier molecular flexibility index (Phi) is 3.00. The minimum absolute atomic E-state index is 0.0330. The molecule has 4 N–H and O–H groups in total. The molecule has 3 rings (SSSR count). The molecule has 0 saturated carbocycles. The highest BCUT2D eigenvalue weighted by Gasteiger charge is 2.09. The number of aromatic nitrogens is 3. The highest BCUT2D eigenvalue weighted by molar-refractivity contribution is 6.30. The van der Waals surface area contributed by atoms with Crippen LogP contribution in [0.4, 0.5) is 17.5 Å².